The van der Waals surface area contributed by atoms with Crippen LogP contribution in [0.25, 0.3) is 0 Å². The zero-order valence-electron chi connectivity index (χ0n) is 8.08. The summed E-state index contributed by atoms with van der Waals surface area (Å²) in [4.78, 5) is 15.5. The SMILES string of the molecule is COC(=O)C1CCCCN=C1OC. The van der Waals surface area contributed by atoms with Crippen LogP contribution >= 0.6 is 0 Å². The molecule has 1 heterocycles. The number of carbonyl (C=O) groups excluding carboxylic acids is 1. The van der Waals surface area contributed by atoms with Gasteiger partial charge in [-0.25, -0.2) is 0 Å². The highest BCUT2D eigenvalue weighted by Crippen LogP contribution is 2.17. The first-order valence-electron chi connectivity index (χ1n) is 4.45. The highest BCUT2D eigenvalue weighted by Gasteiger charge is 2.27. The van der Waals surface area contributed by atoms with Gasteiger partial charge in [-0.2, -0.15) is 0 Å². The lowest BCUT2D eigenvalue weighted by Crippen LogP contribution is -2.26. The van der Waals surface area contributed by atoms with E-state index in [9.17, 15) is 4.79 Å². The first-order chi connectivity index (χ1) is 6.29. The third-order valence-corrected chi connectivity index (χ3v) is 2.16. The van der Waals surface area contributed by atoms with Gasteiger partial charge in [-0.15, -0.1) is 0 Å². The average molecular weight is 185 g/mol. The van der Waals surface area contributed by atoms with Crippen molar-refractivity contribution >= 4 is 11.9 Å². The lowest BCUT2D eigenvalue weighted by atomic mass is 10.0. The Balaban J connectivity index is 2.71. The fourth-order valence-corrected chi connectivity index (χ4v) is 1.45. The largest absolute Gasteiger partial charge is 0.484 e. The molecule has 0 aromatic carbocycles. The fraction of sp³-hybridized carbons (Fsp3) is 0.778. The van der Waals surface area contributed by atoms with E-state index in [4.69, 9.17) is 4.74 Å². The molecule has 1 rings (SSSR count). The summed E-state index contributed by atoms with van der Waals surface area (Å²) in [6.07, 6.45) is 2.79. The van der Waals surface area contributed by atoms with Gasteiger partial charge in [0.15, 0.2) is 5.90 Å². The molecule has 13 heavy (non-hydrogen) atoms. The van der Waals surface area contributed by atoms with Crippen molar-refractivity contribution < 1.29 is 14.3 Å². The molecule has 0 N–H and O–H groups in total. The number of ether oxygens (including phenoxy) is 2. The number of hydrogen-bond donors (Lipinski definition) is 0. The zero-order valence-corrected chi connectivity index (χ0v) is 8.08. The molecule has 4 nitrogen and oxygen atoms in total. The molecule has 1 atom stereocenters. The predicted molar refractivity (Wildman–Crippen MR) is 48.7 cm³/mol. The van der Waals surface area contributed by atoms with Crippen molar-refractivity contribution in [3.63, 3.8) is 0 Å². The summed E-state index contributed by atoms with van der Waals surface area (Å²) in [7, 11) is 2.93. The standard InChI is InChI=1S/C9H15NO3/c1-12-8-7(9(11)13-2)5-3-4-6-10-8/h7H,3-6H2,1-2H3. The van der Waals surface area contributed by atoms with Gasteiger partial charge in [-0.3, -0.25) is 9.79 Å². The predicted octanol–water partition coefficient (Wildman–Crippen LogP) is 1.00. The van der Waals surface area contributed by atoms with Crippen molar-refractivity contribution in [1.82, 2.24) is 0 Å². The quantitative estimate of drug-likeness (QED) is 0.573. The molecule has 0 amide bonds. The maximum atomic E-state index is 11.3. The first kappa shape index (κ1) is 10.0. The maximum absolute atomic E-state index is 11.3. The maximum Gasteiger partial charge on any atom is 0.318 e. The number of nitrogens with zero attached hydrogens (tertiary/aromatic N) is 1. The van der Waals surface area contributed by atoms with E-state index in [1.807, 2.05) is 0 Å². The summed E-state index contributed by atoms with van der Waals surface area (Å²) in [5.74, 6) is -0.0237. The van der Waals surface area contributed by atoms with Crippen LogP contribution < -0.4 is 0 Å². The number of carbonyl (C=O) groups is 1. The molecule has 1 unspecified atom stereocenters. The van der Waals surface area contributed by atoms with Crippen LogP contribution in [0.4, 0.5) is 0 Å². The van der Waals surface area contributed by atoms with E-state index < -0.39 is 0 Å². The molecular weight excluding hydrogens is 170 g/mol. The van der Waals surface area contributed by atoms with Gasteiger partial charge in [0, 0.05) is 6.54 Å². The molecule has 1 aliphatic rings. The van der Waals surface area contributed by atoms with Gasteiger partial charge in [-0.1, -0.05) is 6.42 Å². The topological polar surface area (TPSA) is 47.9 Å². The molecule has 0 fully saturated rings. The van der Waals surface area contributed by atoms with Crippen molar-refractivity contribution in [3.05, 3.63) is 0 Å². The molecule has 0 saturated heterocycles. The highest BCUT2D eigenvalue weighted by atomic mass is 16.5. The van der Waals surface area contributed by atoms with E-state index in [0.717, 1.165) is 25.8 Å². The van der Waals surface area contributed by atoms with E-state index in [-0.39, 0.29) is 11.9 Å². The number of esters is 1. The van der Waals surface area contributed by atoms with Gasteiger partial charge in [-0.05, 0) is 12.8 Å². The minimum Gasteiger partial charge on any atom is -0.484 e. The number of hydrogen-bond acceptors (Lipinski definition) is 4. The van der Waals surface area contributed by atoms with Crippen LogP contribution in [0.2, 0.25) is 0 Å². The fourth-order valence-electron chi connectivity index (χ4n) is 1.45. The third-order valence-electron chi connectivity index (χ3n) is 2.16. The van der Waals surface area contributed by atoms with E-state index >= 15 is 0 Å². The minimum absolute atomic E-state index is 0.248. The minimum atomic E-state index is -0.294. The van der Waals surface area contributed by atoms with Crippen LogP contribution in [-0.2, 0) is 14.3 Å². The van der Waals surface area contributed by atoms with Gasteiger partial charge in [0.25, 0.3) is 0 Å². The summed E-state index contributed by atoms with van der Waals surface area (Å²) in [5.41, 5.74) is 0. The zero-order chi connectivity index (χ0) is 9.68. The molecule has 0 aliphatic carbocycles. The summed E-state index contributed by atoms with van der Waals surface area (Å²) in [5, 5.41) is 0. The van der Waals surface area contributed by atoms with Crippen molar-refractivity contribution in [2.24, 2.45) is 10.9 Å². The Morgan fingerprint density at radius 1 is 1.46 bits per heavy atom. The van der Waals surface area contributed by atoms with Crippen molar-refractivity contribution in [2.45, 2.75) is 19.3 Å². The van der Waals surface area contributed by atoms with Crippen molar-refractivity contribution in [1.29, 1.82) is 0 Å². The van der Waals surface area contributed by atoms with Crippen molar-refractivity contribution in [3.8, 4) is 0 Å². The van der Waals surface area contributed by atoms with Gasteiger partial charge in [0.1, 0.15) is 5.92 Å². The smallest absolute Gasteiger partial charge is 0.318 e. The second-order valence-electron chi connectivity index (χ2n) is 3.00. The lowest BCUT2D eigenvalue weighted by Gasteiger charge is -2.13. The summed E-state index contributed by atoms with van der Waals surface area (Å²) < 4.78 is 9.73. The van der Waals surface area contributed by atoms with E-state index in [0.29, 0.717) is 5.90 Å². The molecular formula is C9H15NO3. The first-order valence-corrected chi connectivity index (χ1v) is 4.45. The second-order valence-corrected chi connectivity index (χ2v) is 3.00. The van der Waals surface area contributed by atoms with E-state index in [2.05, 4.69) is 9.73 Å². The molecule has 0 radical (unpaired) electrons. The molecule has 1 aliphatic heterocycles. The summed E-state index contributed by atoms with van der Waals surface area (Å²) in [6.45, 7) is 0.747. The monoisotopic (exact) mass is 185 g/mol. The van der Waals surface area contributed by atoms with Crippen LogP contribution in [0, 0.1) is 5.92 Å². The van der Waals surface area contributed by atoms with Crippen LogP contribution in [0.1, 0.15) is 19.3 Å². The Hall–Kier alpha value is -1.06. The number of methoxy groups -OCH3 is 2. The average Bonchev–Trinajstić information content (AvgIpc) is 2.41. The molecule has 4 heteroatoms. The van der Waals surface area contributed by atoms with Gasteiger partial charge < -0.3 is 9.47 Å². The van der Waals surface area contributed by atoms with Gasteiger partial charge in [0.05, 0.1) is 14.2 Å². The van der Waals surface area contributed by atoms with Crippen LogP contribution in [0.5, 0.6) is 0 Å². The summed E-state index contributed by atoms with van der Waals surface area (Å²) >= 11 is 0. The highest BCUT2D eigenvalue weighted by molar-refractivity contribution is 5.97. The molecule has 74 valence electrons. The summed E-state index contributed by atoms with van der Waals surface area (Å²) in [6, 6.07) is 0. The Kier molecular flexibility index (Phi) is 3.73. The van der Waals surface area contributed by atoms with Crippen LogP contribution in [0.15, 0.2) is 4.99 Å². The van der Waals surface area contributed by atoms with Crippen LogP contribution in [0.3, 0.4) is 0 Å². The third kappa shape index (κ3) is 2.44. The number of aliphatic imine (C=N–C) groups is 1. The molecule has 0 bridgehead atoms. The molecule has 0 spiro atoms. The Morgan fingerprint density at radius 3 is 2.85 bits per heavy atom. The van der Waals surface area contributed by atoms with E-state index in [1.54, 1.807) is 7.11 Å². The Bertz CT molecular complexity index is 213. The second kappa shape index (κ2) is 4.84. The normalized spacial score (nSPS) is 22.9. The lowest BCUT2D eigenvalue weighted by molar-refractivity contribution is -0.143. The van der Waals surface area contributed by atoms with Crippen LogP contribution in [-0.4, -0.2) is 32.6 Å². The van der Waals surface area contributed by atoms with Gasteiger partial charge in [0.2, 0.25) is 0 Å². The Morgan fingerprint density at radius 2 is 2.23 bits per heavy atom. The molecule has 0 saturated carbocycles. The molecule has 0 aromatic heterocycles. The van der Waals surface area contributed by atoms with Crippen molar-refractivity contribution in [2.75, 3.05) is 20.8 Å². The van der Waals surface area contributed by atoms with Gasteiger partial charge >= 0.3 is 5.97 Å². The van der Waals surface area contributed by atoms with E-state index in [1.165, 1.54) is 7.11 Å². The molecule has 0 aromatic rings. The number of rotatable bonds is 1. The Labute approximate surface area is 77.9 Å².